The number of hydrogen-bond donors (Lipinski definition) is 0. The van der Waals surface area contributed by atoms with E-state index in [1.807, 2.05) is 0 Å². The zero-order chi connectivity index (χ0) is 21.1. The van der Waals surface area contributed by atoms with Gasteiger partial charge in [-0.05, 0) is 43.5 Å². The molecule has 3 aromatic rings. The molecule has 1 aromatic heterocycles. The van der Waals surface area contributed by atoms with Crippen LogP contribution in [-0.4, -0.2) is 33.2 Å². The van der Waals surface area contributed by atoms with Gasteiger partial charge in [-0.1, -0.05) is 47.6 Å². The number of thioether (sulfide) groups is 1. The first kappa shape index (κ1) is 21.2. The van der Waals surface area contributed by atoms with Gasteiger partial charge in [0.05, 0.1) is 17.4 Å². The van der Waals surface area contributed by atoms with E-state index < -0.39 is 11.7 Å². The van der Waals surface area contributed by atoms with Crippen molar-refractivity contribution in [3.05, 3.63) is 59.1 Å². The fourth-order valence-corrected chi connectivity index (χ4v) is 4.61. The molecule has 30 heavy (non-hydrogen) atoms. The summed E-state index contributed by atoms with van der Waals surface area (Å²) in [7, 11) is 0. The zero-order valence-electron chi connectivity index (χ0n) is 15.9. The summed E-state index contributed by atoms with van der Waals surface area (Å²) in [4.78, 5) is 0. The van der Waals surface area contributed by atoms with E-state index in [1.54, 1.807) is 30.3 Å². The molecule has 2 heterocycles. The third kappa shape index (κ3) is 4.66. The van der Waals surface area contributed by atoms with Crippen molar-refractivity contribution >= 4 is 23.4 Å². The molecule has 0 saturated carbocycles. The highest BCUT2D eigenvalue weighted by Gasteiger charge is 2.35. The number of nitrogens with zero attached hydrogens (tertiary/aromatic N) is 3. The van der Waals surface area contributed by atoms with E-state index in [2.05, 4.69) is 10.2 Å². The molecule has 158 valence electrons. The summed E-state index contributed by atoms with van der Waals surface area (Å²) in [5, 5.41) is 9.29. The SMILES string of the molecule is FC(F)(F)c1ccccc1-n1c(SC[C@@H]2CCCCO2)nnc1-c1cccc(Cl)c1. The fraction of sp³-hybridized carbons (Fsp3) is 0.333. The molecule has 0 spiro atoms. The Hall–Kier alpha value is -2.03. The molecular formula is C21H19ClF3N3OS. The molecule has 0 radical (unpaired) electrons. The molecule has 0 aliphatic carbocycles. The average Bonchev–Trinajstić information content (AvgIpc) is 3.16. The molecule has 1 atom stereocenters. The van der Waals surface area contributed by atoms with Crippen LogP contribution in [0.1, 0.15) is 24.8 Å². The Morgan fingerprint density at radius 3 is 2.67 bits per heavy atom. The van der Waals surface area contributed by atoms with Gasteiger partial charge in [0.2, 0.25) is 0 Å². The first-order valence-corrected chi connectivity index (χ1v) is 10.9. The summed E-state index contributed by atoms with van der Waals surface area (Å²) in [5.41, 5.74) is -0.173. The van der Waals surface area contributed by atoms with E-state index >= 15 is 0 Å². The Kier molecular flexibility index (Phi) is 6.36. The predicted molar refractivity (Wildman–Crippen MR) is 111 cm³/mol. The number of rotatable bonds is 5. The topological polar surface area (TPSA) is 39.9 Å². The molecule has 4 nitrogen and oxygen atoms in total. The van der Waals surface area contributed by atoms with Crippen LogP contribution >= 0.6 is 23.4 Å². The van der Waals surface area contributed by atoms with Crippen LogP contribution in [0.4, 0.5) is 13.2 Å². The molecule has 0 N–H and O–H groups in total. The van der Waals surface area contributed by atoms with Crippen molar-refractivity contribution in [2.24, 2.45) is 0 Å². The Morgan fingerprint density at radius 2 is 1.93 bits per heavy atom. The molecule has 0 unspecified atom stereocenters. The van der Waals surface area contributed by atoms with E-state index in [9.17, 15) is 13.2 Å². The highest BCUT2D eigenvalue weighted by atomic mass is 35.5. The van der Waals surface area contributed by atoms with E-state index in [0.717, 1.165) is 25.3 Å². The second kappa shape index (κ2) is 8.99. The standard InChI is InChI=1S/C21H19ClF3N3OS/c22-15-7-5-6-14(12-15)19-26-27-20(30-13-16-8-3-4-11-29-16)28(19)18-10-2-1-9-17(18)21(23,24)25/h1-2,5-7,9-10,12,16H,3-4,8,11,13H2/t16-/m0/s1. The van der Waals surface area contributed by atoms with E-state index in [4.69, 9.17) is 16.3 Å². The Bertz CT molecular complexity index is 1020. The molecule has 2 aromatic carbocycles. The molecule has 1 saturated heterocycles. The quantitative estimate of drug-likeness (QED) is 0.427. The second-order valence-electron chi connectivity index (χ2n) is 6.97. The first-order valence-electron chi connectivity index (χ1n) is 9.56. The van der Waals surface area contributed by atoms with Crippen LogP contribution in [0, 0.1) is 0 Å². The Morgan fingerprint density at radius 1 is 1.10 bits per heavy atom. The molecule has 0 amide bonds. The number of hydrogen-bond acceptors (Lipinski definition) is 4. The summed E-state index contributed by atoms with van der Waals surface area (Å²) >= 11 is 7.46. The molecule has 9 heteroatoms. The highest BCUT2D eigenvalue weighted by molar-refractivity contribution is 7.99. The van der Waals surface area contributed by atoms with Crippen LogP contribution in [0.15, 0.2) is 53.7 Å². The lowest BCUT2D eigenvalue weighted by Crippen LogP contribution is -2.21. The highest BCUT2D eigenvalue weighted by Crippen LogP contribution is 2.38. The van der Waals surface area contributed by atoms with Crippen LogP contribution in [0.2, 0.25) is 5.02 Å². The predicted octanol–water partition coefficient (Wildman–Crippen LogP) is 6.27. The molecule has 0 bridgehead atoms. The van der Waals surface area contributed by atoms with Gasteiger partial charge in [-0.25, -0.2) is 0 Å². The minimum atomic E-state index is -4.51. The third-order valence-electron chi connectivity index (χ3n) is 4.84. The summed E-state index contributed by atoms with van der Waals surface area (Å²) < 4.78 is 48.4. The van der Waals surface area contributed by atoms with Crippen molar-refractivity contribution in [2.45, 2.75) is 36.7 Å². The number of para-hydroxylation sites is 1. The summed E-state index contributed by atoms with van der Waals surface area (Å²) in [6, 6.07) is 12.3. The van der Waals surface area contributed by atoms with Gasteiger partial charge in [0.15, 0.2) is 11.0 Å². The Balaban J connectivity index is 1.79. The number of aromatic nitrogens is 3. The second-order valence-corrected chi connectivity index (χ2v) is 8.39. The van der Waals surface area contributed by atoms with Gasteiger partial charge in [-0.2, -0.15) is 13.2 Å². The lowest BCUT2D eigenvalue weighted by Gasteiger charge is -2.22. The van der Waals surface area contributed by atoms with Crippen molar-refractivity contribution in [1.82, 2.24) is 14.8 Å². The van der Waals surface area contributed by atoms with Gasteiger partial charge in [0.25, 0.3) is 0 Å². The molecule has 1 aliphatic rings. The van der Waals surface area contributed by atoms with Gasteiger partial charge >= 0.3 is 6.18 Å². The molecule has 1 fully saturated rings. The summed E-state index contributed by atoms with van der Waals surface area (Å²) in [6.45, 7) is 0.711. The molecular weight excluding hydrogens is 435 g/mol. The summed E-state index contributed by atoms with van der Waals surface area (Å²) in [6.07, 6.45) is -1.40. The van der Waals surface area contributed by atoms with Crippen molar-refractivity contribution in [3.63, 3.8) is 0 Å². The van der Waals surface area contributed by atoms with E-state index in [-0.39, 0.29) is 11.8 Å². The summed E-state index contributed by atoms with van der Waals surface area (Å²) in [5.74, 6) is 0.906. The Labute approximate surface area is 181 Å². The van der Waals surface area contributed by atoms with Gasteiger partial charge in [-0.3, -0.25) is 4.57 Å². The average molecular weight is 454 g/mol. The van der Waals surface area contributed by atoms with Crippen LogP contribution in [0.25, 0.3) is 17.1 Å². The first-order chi connectivity index (χ1) is 14.4. The molecule has 1 aliphatic heterocycles. The maximum absolute atomic E-state index is 13.7. The minimum Gasteiger partial charge on any atom is -0.377 e. The van der Waals surface area contributed by atoms with Crippen molar-refractivity contribution in [2.75, 3.05) is 12.4 Å². The zero-order valence-corrected chi connectivity index (χ0v) is 17.5. The monoisotopic (exact) mass is 453 g/mol. The number of ether oxygens (including phenoxy) is 1. The van der Waals surface area contributed by atoms with Crippen molar-refractivity contribution < 1.29 is 17.9 Å². The molecule has 4 rings (SSSR count). The van der Waals surface area contributed by atoms with E-state index in [0.29, 0.717) is 33.9 Å². The minimum absolute atomic E-state index is 0.0166. The van der Waals surface area contributed by atoms with Crippen LogP contribution in [0.5, 0.6) is 0 Å². The number of benzene rings is 2. The maximum Gasteiger partial charge on any atom is 0.418 e. The number of alkyl halides is 3. The number of halogens is 4. The van der Waals surface area contributed by atoms with Gasteiger partial charge in [0, 0.05) is 22.9 Å². The van der Waals surface area contributed by atoms with Gasteiger partial charge in [0.1, 0.15) is 0 Å². The largest absolute Gasteiger partial charge is 0.418 e. The lowest BCUT2D eigenvalue weighted by molar-refractivity contribution is -0.137. The lowest BCUT2D eigenvalue weighted by atomic mass is 10.1. The normalized spacial score (nSPS) is 17.3. The van der Waals surface area contributed by atoms with Crippen molar-refractivity contribution in [3.8, 4) is 17.1 Å². The van der Waals surface area contributed by atoms with Crippen molar-refractivity contribution in [1.29, 1.82) is 0 Å². The van der Waals surface area contributed by atoms with Crippen LogP contribution in [-0.2, 0) is 10.9 Å². The van der Waals surface area contributed by atoms with Crippen LogP contribution < -0.4 is 0 Å². The third-order valence-corrected chi connectivity index (χ3v) is 6.13. The fourth-order valence-electron chi connectivity index (χ4n) is 3.41. The maximum atomic E-state index is 13.7. The van der Waals surface area contributed by atoms with Gasteiger partial charge < -0.3 is 4.74 Å². The smallest absolute Gasteiger partial charge is 0.377 e. The van der Waals surface area contributed by atoms with Gasteiger partial charge in [-0.15, -0.1) is 10.2 Å². The van der Waals surface area contributed by atoms with Crippen LogP contribution in [0.3, 0.4) is 0 Å². The van der Waals surface area contributed by atoms with E-state index in [1.165, 1.54) is 28.5 Å².